The third kappa shape index (κ3) is 5.98. The molecular formula is C12H18FNOS. The van der Waals surface area contributed by atoms with Crippen molar-refractivity contribution in [1.29, 1.82) is 0 Å². The first-order valence-electron chi connectivity index (χ1n) is 5.49. The van der Waals surface area contributed by atoms with E-state index in [1.165, 1.54) is 12.1 Å². The first-order chi connectivity index (χ1) is 7.83. The van der Waals surface area contributed by atoms with Crippen LogP contribution in [0.4, 0.5) is 4.39 Å². The molecule has 1 rings (SSSR count). The van der Waals surface area contributed by atoms with E-state index in [0.717, 1.165) is 36.6 Å². The summed E-state index contributed by atoms with van der Waals surface area (Å²) in [6, 6.07) is 6.12. The molecule has 4 heteroatoms. The van der Waals surface area contributed by atoms with Gasteiger partial charge in [0.25, 0.3) is 0 Å². The van der Waals surface area contributed by atoms with Crippen LogP contribution in [0.1, 0.15) is 12.8 Å². The summed E-state index contributed by atoms with van der Waals surface area (Å²) >= 11 is 1.90. The van der Waals surface area contributed by atoms with Gasteiger partial charge in [0.2, 0.25) is 0 Å². The van der Waals surface area contributed by atoms with Crippen molar-refractivity contribution in [3.63, 3.8) is 0 Å². The van der Waals surface area contributed by atoms with Crippen LogP contribution in [0.2, 0.25) is 0 Å². The minimum absolute atomic E-state index is 0.232. The van der Waals surface area contributed by atoms with Crippen LogP contribution < -0.4 is 10.5 Å². The molecule has 0 aliphatic rings. The van der Waals surface area contributed by atoms with E-state index >= 15 is 0 Å². The lowest BCUT2D eigenvalue weighted by atomic mass is 10.3. The normalized spacial score (nSPS) is 10.4. The highest BCUT2D eigenvalue weighted by Crippen LogP contribution is 2.12. The molecular weight excluding hydrogens is 225 g/mol. The van der Waals surface area contributed by atoms with E-state index in [4.69, 9.17) is 10.5 Å². The maximum atomic E-state index is 12.6. The topological polar surface area (TPSA) is 35.2 Å². The van der Waals surface area contributed by atoms with Crippen LogP contribution in [0, 0.1) is 5.82 Å². The Morgan fingerprint density at radius 2 is 1.81 bits per heavy atom. The largest absolute Gasteiger partial charge is 0.494 e. The van der Waals surface area contributed by atoms with Gasteiger partial charge >= 0.3 is 0 Å². The van der Waals surface area contributed by atoms with Crippen LogP contribution in [-0.4, -0.2) is 24.7 Å². The maximum absolute atomic E-state index is 12.6. The molecule has 1 aromatic rings. The molecule has 0 bridgehead atoms. The Morgan fingerprint density at radius 3 is 2.50 bits per heavy atom. The Labute approximate surface area is 100 Å². The van der Waals surface area contributed by atoms with Crippen molar-refractivity contribution in [1.82, 2.24) is 0 Å². The van der Waals surface area contributed by atoms with Crippen LogP contribution in [0.15, 0.2) is 24.3 Å². The van der Waals surface area contributed by atoms with Gasteiger partial charge in [0.05, 0.1) is 6.61 Å². The minimum atomic E-state index is -0.232. The Morgan fingerprint density at radius 1 is 1.12 bits per heavy atom. The summed E-state index contributed by atoms with van der Waals surface area (Å²) in [6.45, 7) is 1.44. The fraction of sp³-hybridized carbons (Fsp3) is 0.500. The van der Waals surface area contributed by atoms with Gasteiger partial charge in [-0.3, -0.25) is 0 Å². The second-order valence-corrected chi connectivity index (χ2v) is 4.64. The van der Waals surface area contributed by atoms with Crippen molar-refractivity contribution in [2.45, 2.75) is 12.8 Å². The summed E-state index contributed by atoms with van der Waals surface area (Å²) in [5.41, 5.74) is 5.39. The van der Waals surface area contributed by atoms with Crippen LogP contribution >= 0.6 is 11.8 Å². The highest BCUT2D eigenvalue weighted by molar-refractivity contribution is 7.99. The van der Waals surface area contributed by atoms with E-state index in [2.05, 4.69) is 0 Å². The van der Waals surface area contributed by atoms with E-state index in [0.29, 0.717) is 6.61 Å². The number of nitrogens with two attached hydrogens (primary N) is 1. The lowest BCUT2D eigenvalue weighted by Crippen LogP contribution is -2.01. The van der Waals surface area contributed by atoms with Crippen LogP contribution in [0.5, 0.6) is 5.75 Å². The van der Waals surface area contributed by atoms with Crippen molar-refractivity contribution in [3.8, 4) is 5.75 Å². The number of hydrogen-bond acceptors (Lipinski definition) is 3. The summed E-state index contributed by atoms with van der Waals surface area (Å²) in [5, 5.41) is 0. The van der Waals surface area contributed by atoms with Crippen molar-refractivity contribution in [2.75, 3.05) is 24.7 Å². The highest BCUT2D eigenvalue weighted by Gasteiger charge is 1.95. The zero-order valence-corrected chi connectivity index (χ0v) is 10.1. The van der Waals surface area contributed by atoms with E-state index in [-0.39, 0.29) is 5.82 Å². The Bertz CT molecular complexity index is 279. The molecule has 0 spiro atoms. The molecule has 1 aromatic carbocycles. The van der Waals surface area contributed by atoms with Crippen molar-refractivity contribution < 1.29 is 9.13 Å². The third-order valence-corrected chi connectivity index (χ3v) is 3.16. The van der Waals surface area contributed by atoms with E-state index < -0.39 is 0 Å². The molecule has 2 nitrogen and oxygen atoms in total. The third-order valence-electron chi connectivity index (χ3n) is 2.01. The standard InChI is InChI=1S/C12H18FNOS/c13-11-3-5-12(6-4-11)15-8-2-10-16-9-1-7-14/h3-6H,1-2,7-10,14H2. The predicted molar refractivity (Wildman–Crippen MR) is 67.5 cm³/mol. The van der Waals surface area contributed by atoms with Gasteiger partial charge in [-0.15, -0.1) is 0 Å². The van der Waals surface area contributed by atoms with Gasteiger partial charge < -0.3 is 10.5 Å². The van der Waals surface area contributed by atoms with Crippen molar-refractivity contribution >= 4 is 11.8 Å². The summed E-state index contributed by atoms with van der Waals surface area (Å²) in [7, 11) is 0. The van der Waals surface area contributed by atoms with Gasteiger partial charge in [0, 0.05) is 0 Å². The first kappa shape index (κ1) is 13.3. The van der Waals surface area contributed by atoms with E-state index in [9.17, 15) is 4.39 Å². The molecule has 2 N–H and O–H groups in total. The smallest absolute Gasteiger partial charge is 0.123 e. The average molecular weight is 243 g/mol. The molecule has 0 saturated carbocycles. The number of rotatable bonds is 8. The predicted octanol–water partition coefficient (Wildman–Crippen LogP) is 2.68. The zero-order chi connectivity index (χ0) is 11.6. The quantitative estimate of drug-likeness (QED) is 0.713. The molecule has 0 atom stereocenters. The van der Waals surface area contributed by atoms with Gasteiger partial charge in [-0.1, -0.05) is 0 Å². The number of benzene rings is 1. The van der Waals surface area contributed by atoms with Crippen LogP contribution in [0.3, 0.4) is 0 Å². The minimum Gasteiger partial charge on any atom is -0.494 e. The maximum Gasteiger partial charge on any atom is 0.123 e. The first-order valence-corrected chi connectivity index (χ1v) is 6.64. The number of halogens is 1. The van der Waals surface area contributed by atoms with Gasteiger partial charge in [-0.05, 0) is 55.2 Å². The Balaban J connectivity index is 2.01. The van der Waals surface area contributed by atoms with E-state index in [1.807, 2.05) is 11.8 Å². The summed E-state index contributed by atoms with van der Waals surface area (Å²) in [6.07, 6.45) is 2.08. The zero-order valence-electron chi connectivity index (χ0n) is 9.32. The van der Waals surface area contributed by atoms with Crippen molar-refractivity contribution in [3.05, 3.63) is 30.1 Å². The molecule has 0 aliphatic carbocycles. The monoisotopic (exact) mass is 243 g/mol. The Hall–Kier alpha value is -0.740. The summed E-state index contributed by atoms with van der Waals surface area (Å²) in [5.74, 6) is 2.70. The molecule has 0 unspecified atom stereocenters. The van der Waals surface area contributed by atoms with Gasteiger partial charge in [0.15, 0.2) is 0 Å². The Kier molecular flexibility index (Phi) is 7.01. The molecule has 0 aliphatic heterocycles. The SMILES string of the molecule is NCCCSCCCOc1ccc(F)cc1. The summed E-state index contributed by atoms with van der Waals surface area (Å²) in [4.78, 5) is 0. The second kappa shape index (κ2) is 8.42. The average Bonchev–Trinajstić information content (AvgIpc) is 2.30. The van der Waals surface area contributed by atoms with Gasteiger partial charge in [-0.2, -0.15) is 11.8 Å². The van der Waals surface area contributed by atoms with E-state index in [1.54, 1.807) is 12.1 Å². The molecule has 90 valence electrons. The lowest BCUT2D eigenvalue weighted by molar-refractivity contribution is 0.318. The molecule has 0 radical (unpaired) electrons. The molecule has 16 heavy (non-hydrogen) atoms. The van der Waals surface area contributed by atoms with Crippen LogP contribution in [0.25, 0.3) is 0 Å². The van der Waals surface area contributed by atoms with Gasteiger partial charge in [-0.25, -0.2) is 4.39 Å². The number of hydrogen-bond donors (Lipinski definition) is 1. The molecule has 0 amide bonds. The molecule has 0 fully saturated rings. The second-order valence-electron chi connectivity index (χ2n) is 3.41. The molecule has 0 aromatic heterocycles. The fourth-order valence-electron chi connectivity index (χ4n) is 1.17. The summed E-state index contributed by atoms with van der Waals surface area (Å²) < 4.78 is 18.0. The number of ether oxygens (including phenoxy) is 1. The fourth-order valence-corrected chi connectivity index (χ4v) is 2.07. The number of thioether (sulfide) groups is 1. The van der Waals surface area contributed by atoms with Crippen LogP contribution in [-0.2, 0) is 0 Å². The molecule has 0 heterocycles. The van der Waals surface area contributed by atoms with Gasteiger partial charge in [0.1, 0.15) is 11.6 Å². The highest BCUT2D eigenvalue weighted by atomic mass is 32.2. The lowest BCUT2D eigenvalue weighted by Gasteiger charge is -2.05. The van der Waals surface area contributed by atoms with Crippen molar-refractivity contribution in [2.24, 2.45) is 5.73 Å². The molecule has 0 saturated heterocycles.